The van der Waals surface area contributed by atoms with E-state index in [1.54, 1.807) is 31.2 Å². The Morgan fingerprint density at radius 2 is 1.75 bits per heavy atom. The van der Waals surface area contributed by atoms with Gasteiger partial charge in [0.1, 0.15) is 11.6 Å². The van der Waals surface area contributed by atoms with Crippen LogP contribution in [0.15, 0.2) is 42.5 Å². The maximum Gasteiger partial charge on any atom is 0.338 e. The minimum atomic E-state index is -1.28. The van der Waals surface area contributed by atoms with Gasteiger partial charge < -0.3 is 14.7 Å². The highest BCUT2D eigenvalue weighted by Crippen LogP contribution is 2.27. The maximum absolute atomic E-state index is 13.4. The average Bonchev–Trinajstić information content (AvgIpc) is 2.47. The molecule has 2 rings (SSSR count). The van der Waals surface area contributed by atoms with Crippen molar-refractivity contribution in [2.75, 3.05) is 19.1 Å². The molecule has 4 nitrogen and oxygen atoms in total. The molecule has 0 spiro atoms. The molecule has 0 radical (unpaired) electrons. The van der Waals surface area contributed by atoms with Gasteiger partial charge in [-0.2, -0.15) is 0 Å². The zero-order valence-corrected chi connectivity index (χ0v) is 11.1. The van der Waals surface area contributed by atoms with Gasteiger partial charge in [-0.1, -0.05) is 0 Å². The van der Waals surface area contributed by atoms with Crippen molar-refractivity contribution in [3.63, 3.8) is 0 Å². The maximum atomic E-state index is 13.4. The molecule has 0 aromatic heterocycles. The summed E-state index contributed by atoms with van der Waals surface area (Å²) in [4.78, 5) is 12.7. The van der Waals surface area contributed by atoms with Crippen LogP contribution in [0.5, 0.6) is 5.75 Å². The molecule has 0 bridgehead atoms. The summed E-state index contributed by atoms with van der Waals surface area (Å²) in [5.41, 5.74) is 1.09. The molecule has 2 aromatic carbocycles. The van der Waals surface area contributed by atoms with Crippen LogP contribution in [0.25, 0.3) is 0 Å². The number of carbonyl (C=O) groups is 1. The monoisotopic (exact) mass is 275 g/mol. The quantitative estimate of drug-likeness (QED) is 0.930. The van der Waals surface area contributed by atoms with E-state index < -0.39 is 11.8 Å². The van der Waals surface area contributed by atoms with Crippen LogP contribution in [-0.4, -0.2) is 25.2 Å². The molecule has 1 N–H and O–H groups in total. The lowest BCUT2D eigenvalue weighted by Gasteiger charge is -2.20. The van der Waals surface area contributed by atoms with Crippen molar-refractivity contribution in [3.8, 4) is 5.75 Å². The van der Waals surface area contributed by atoms with Crippen LogP contribution >= 0.6 is 0 Å². The van der Waals surface area contributed by atoms with Gasteiger partial charge in [0.15, 0.2) is 0 Å². The summed E-state index contributed by atoms with van der Waals surface area (Å²) in [5, 5.41) is 8.94. The molecule has 0 unspecified atom stereocenters. The van der Waals surface area contributed by atoms with Crippen LogP contribution in [0.3, 0.4) is 0 Å². The van der Waals surface area contributed by atoms with Gasteiger partial charge >= 0.3 is 5.97 Å². The van der Waals surface area contributed by atoms with E-state index in [2.05, 4.69) is 0 Å². The van der Waals surface area contributed by atoms with Gasteiger partial charge in [-0.15, -0.1) is 0 Å². The zero-order chi connectivity index (χ0) is 14.7. The van der Waals surface area contributed by atoms with E-state index in [9.17, 15) is 9.18 Å². The topological polar surface area (TPSA) is 49.8 Å². The summed E-state index contributed by atoms with van der Waals surface area (Å²) in [6.07, 6.45) is 0. The fraction of sp³-hybridized carbons (Fsp3) is 0.133. The SMILES string of the molecule is COc1ccc(N(C)c2ccc(F)c(C(=O)O)c2)cc1. The Balaban J connectivity index is 2.34. The van der Waals surface area contributed by atoms with Crippen molar-refractivity contribution < 1.29 is 19.0 Å². The lowest BCUT2D eigenvalue weighted by atomic mass is 10.1. The van der Waals surface area contributed by atoms with E-state index in [-0.39, 0.29) is 5.56 Å². The number of rotatable bonds is 4. The molecule has 104 valence electrons. The number of anilines is 2. The fourth-order valence-corrected chi connectivity index (χ4v) is 1.84. The van der Waals surface area contributed by atoms with Gasteiger partial charge in [0.05, 0.1) is 12.7 Å². The Labute approximate surface area is 116 Å². The second kappa shape index (κ2) is 5.61. The third-order valence-corrected chi connectivity index (χ3v) is 3.03. The molecule has 0 aliphatic carbocycles. The van der Waals surface area contributed by atoms with Crippen molar-refractivity contribution in [1.29, 1.82) is 0 Å². The van der Waals surface area contributed by atoms with Crippen molar-refractivity contribution in [1.82, 2.24) is 0 Å². The van der Waals surface area contributed by atoms with E-state index >= 15 is 0 Å². The highest BCUT2D eigenvalue weighted by Gasteiger charge is 2.13. The molecule has 0 heterocycles. The van der Waals surface area contributed by atoms with Gasteiger partial charge in [-0.3, -0.25) is 0 Å². The number of carboxylic acid groups (broad SMARTS) is 1. The largest absolute Gasteiger partial charge is 0.497 e. The zero-order valence-electron chi connectivity index (χ0n) is 11.1. The van der Waals surface area contributed by atoms with E-state index in [1.807, 2.05) is 12.1 Å². The summed E-state index contributed by atoms with van der Waals surface area (Å²) >= 11 is 0. The number of hydrogen-bond donors (Lipinski definition) is 1. The number of carboxylic acids is 1. The van der Waals surface area contributed by atoms with Crippen molar-refractivity contribution in [2.24, 2.45) is 0 Å². The van der Waals surface area contributed by atoms with Gasteiger partial charge in [0, 0.05) is 18.4 Å². The highest BCUT2D eigenvalue weighted by molar-refractivity contribution is 5.89. The molecule has 20 heavy (non-hydrogen) atoms. The van der Waals surface area contributed by atoms with E-state index in [4.69, 9.17) is 9.84 Å². The van der Waals surface area contributed by atoms with Gasteiger partial charge in [-0.05, 0) is 42.5 Å². The van der Waals surface area contributed by atoms with Crippen LogP contribution < -0.4 is 9.64 Å². The van der Waals surface area contributed by atoms with Crippen LogP contribution in [0.4, 0.5) is 15.8 Å². The predicted octanol–water partition coefficient (Wildman–Crippen LogP) is 3.30. The Kier molecular flexibility index (Phi) is 3.89. The first kappa shape index (κ1) is 13.9. The van der Waals surface area contributed by atoms with Crippen LogP contribution in [0.2, 0.25) is 0 Å². The third-order valence-electron chi connectivity index (χ3n) is 3.03. The summed E-state index contributed by atoms with van der Waals surface area (Å²) in [6.45, 7) is 0. The number of benzene rings is 2. The summed E-state index contributed by atoms with van der Waals surface area (Å²) < 4.78 is 18.4. The van der Waals surface area contributed by atoms with Gasteiger partial charge in [-0.25, -0.2) is 9.18 Å². The first-order valence-corrected chi connectivity index (χ1v) is 5.93. The normalized spacial score (nSPS) is 10.2. The van der Waals surface area contributed by atoms with Crippen molar-refractivity contribution in [3.05, 3.63) is 53.8 Å². The lowest BCUT2D eigenvalue weighted by Crippen LogP contribution is -2.11. The first-order valence-electron chi connectivity index (χ1n) is 5.93. The Morgan fingerprint density at radius 3 is 2.30 bits per heavy atom. The minimum Gasteiger partial charge on any atom is -0.497 e. The number of ether oxygens (including phenoxy) is 1. The number of halogens is 1. The molecule has 0 atom stereocenters. The van der Waals surface area contributed by atoms with Gasteiger partial charge in [0.2, 0.25) is 0 Å². The summed E-state index contributed by atoms with van der Waals surface area (Å²) in [5.74, 6) is -1.30. The molecule has 0 aliphatic rings. The van der Waals surface area contributed by atoms with E-state index in [0.29, 0.717) is 5.69 Å². The minimum absolute atomic E-state index is 0.345. The van der Waals surface area contributed by atoms with Crippen LogP contribution in [-0.2, 0) is 0 Å². The van der Waals surface area contributed by atoms with Crippen LogP contribution in [0.1, 0.15) is 10.4 Å². The molecule has 0 fully saturated rings. The van der Waals surface area contributed by atoms with E-state index in [1.165, 1.54) is 12.1 Å². The number of methoxy groups -OCH3 is 1. The Hall–Kier alpha value is -2.56. The number of hydrogen-bond acceptors (Lipinski definition) is 3. The molecule has 0 saturated heterocycles. The molecule has 5 heteroatoms. The molecule has 0 amide bonds. The molecular weight excluding hydrogens is 261 g/mol. The average molecular weight is 275 g/mol. The van der Waals surface area contributed by atoms with Crippen molar-refractivity contribution in [2.45, 2.75) is 0 Å². The smallest absolute Gasteiger partial charge is 0.338 e. The second-order valence-electron chi connectivity index (χ2n) is 4.23. The number of nitrogens with zero attached hydrogens (tertiary/aromatic N) is 1. The van der Waals surface area contributed by atoms with Crippen LogP contribution in [0, 0.1) is 5.82 Å². The standard InChI is InChI=1S/C15H14FNO3/c1-17(10-3-6-12(20-2)7-4-10)11-5-8-14(16)13(9-11)15(18)19/h3-9H,1-2H3,(H,18,19). The number of aromatic carboxylic acids is 1. The second-order valence-corrected chi connectivity index (χ2v) is 4.23. The van der Waals surface area contributed by atoms with Crippen molar-refractivity contribution >= 4 is 17.3 Å². The molecular formula is C15H14FNO3. The Bertz CT molecular complexity index is 626. The third kappa shape index (κ3) is 2.71. The van der Waals surface area contributed by atoms with E-state index in [0.717, 1.165) is 17.5 Å². The highest BCUT2D eigenvalue weighted by atomic mass is 19.1. The predicted molar refractivity (Wildman–Crippen MR) is 74.4 cm³/mol. The Morgan fingerprint density at radius 1 is 1.15 bits per heavy atom. The molecule has 2 aromatic rings. The van der Waals surface area contributed by atoms with Gasteiger partial charge in [0.25, 0.3) is 0 Å². The molecule has 0 saturated carbocycles. The fourth-order valence-electron chi connectivity index (χ4n) is 1.84. The lowest BCUT2D eigenvalue weighted by molar-refractivity contribution is 0.0692. The first-order chi connectivity index (χ1) is 9.52. The summed E-state index contributed by atoms with van der Waals surface area (Å²) in [7, 11) is 3.36. The molecule has 0 aliphatic heterocycles. The summed E-state index contributed by atoms with van der Waals surface area (Å²) in [6, 6.07) is 11.3.